The Balaban J connectivity index is 1.50. The van der Waals surface area contributed by atoms with E-state index in [1.54, 1.807) is 21.9 Å². The number of amides is 2. The molecule has 0 saturated carbocycles. The molecule has 0 bridgehead atoms. The average molecular weight is 545 g/mol. The van der Waals surface area contributed by atoms with Gasteiger partial charge in [-0.25, -0.2) is 12.8 Å². The number of sulfonamides is 1. The number of aryl methyl sites for hydroxylation is 1. The Morgan fingerprint density at radius 1 is 1.08 bits per heavy atom. The molecule has 3 unspecified atom stereocenters. The van der Waals surface area contributed by atoms with Gasteiger partial charge in [0.2, 0.25) is 21.8 Å². The third-order valence-electron chi connectivity index (χ3n) is 7.81. The Morgan fingerprint density at radius 3 is 2.47 bits per heavy atom. The predicted molar refractivity (Wildman–Crippen MR) is 146 cm³/mol. The molecule has 2 fully saturated rings. The standard InChI is InChI=1S/C28H37FN4O4S/c1-20-9-13-25(14-10-22-7-5-4-6-8-22)38(36,37)33(20)18-23-11-12-24(17-26(23)29)32-16-15-31(21(2)34)19-27(32)28(35)30-3/h4-8,11-12,17,20,25,27H,9-10,13-16,18-19H2,1-3H3,(H,30,35). The van der Waals surface area contributed by atoms with Gasteiger partial charge < -0.3 is 15.1 Å². The van der Waals surface area contributed by atoms with Crippen molar-refractivity contribution in [1.82, 2.24) is 14.5 Å². The molecule has 2 aliphatic rings. The van der Waals surface area contributed by atoms with Crippen LogP contribution < -0.4 is 10.2 Å². The molecule has 2 aromatic carbocycles. The van der Waals surface area contributed by atoms with Crippen LogP contribution in [0, 0.1) is 5.82 Å². The van der Waals surface area contributed by atoms with E-state index in [0.717, 1.165) is 12.0 Å². The molecule has 0 spiro atoms. The Bertz CT molecular complexity index is 1260. The van der Waals surface area contributed by atoms with Gasteiger partial charge in [0.1, 0.15) is 11.9 Å². The van der Waals surface area contributed by atoms with Crippen LogP contribution in [0.3, 0.4) is 0 Å². The molecular weight excluding hydrogens is 507 g/mol. The summed E-state index contributed by atoms with van der Waals surface area (Å²) in [6, 6.07) is 13.7. The van der Waals surface area contributed by atoms with Crippen LogP contribution in [0.1, 0.15) is 44.2 Å². The van der Waals surface area contributed by atoms with Gasteiger partial charge in [0.25, 0.3) is 0 Å². The number of piperazine rings is 1. The lowest BCUT2D eigenvalue weighted by atomic mass is 10.0. The van der Waals surface area contributed by atoms with Gasteiger partial charge in [0.05, 0.1) is 11.8 Å². The molecule has 8 nitrogen and oxygen atoms in total. The first-order chi connectivity index (χ1) is 18.1. The Labute approximate surface area is 224 Å². The van der Waals surface area contributed by atoms with Gasteiger partial charge in [0, 0.05) is 50.9 Å². The van der Waals surface area contributed by atoms with Crippen LogP contribution in [0.5, 0.6) is 0 Å². The number of benzene rings is 2. The summed E-state index contributed by atoms with van der Waals surface area (Å²) in [5.41, 5.74) is 1.93. The summed E-state index contributed by atoms with van der Waals surface area (Å²) in [6.45, 7) is 4.34. The zero-order chi connectivity index (χ0) is 27.4. The van der Waals surface area contributed by atoms with Gasteiger partial charge in [-0.15, -0.1) is 0 Å². The van der Waals surface area contributed by atoms with Crippen molar-refractivity contribution in [1.29, 1.82) is 0 Å². The van der Waals surface area contributed by atoms with Crippen LogP contribution >= 0.6 is 0 Å². The van der Waals surface area contributed by atoms with E-state index in [9.17, 15) is 18.0 Å². The van der Waals surface area contributed by atoms with Gasteiger partial charge in [-0.3, -0.25) is 9.59 Å². The maximum Gasteiger partial charge on any atom is 0.244 e. The van der Waals surface area contributed by atoms with Gasteiger partial charge in [0.15, 0.2) is 0 Å². The third-order valence-corrected chi connectivity index (χ3v) is 10.3. The predicted octanol–water partition coefficient (Wildman–Crippen LogP) is 2.92. The molecule has 2 aliphatic heterocycles. The van der Waals surface area contributed by atoms with Crippen molar-refractivity contribution in [3.05, 3.63) is 65.5 Å². The maximum atomic E-state index is 15.4. The van der Waals surface area contributed by atoms with Crippen LogP contribution in [0.15, 0.2) is 48.5 Å². The lowest BCUT2D eigenvalue weighted by molar-refractivity contribution is -0.131. The van der Waals surface area contributed by atoms with Crippen molar-refractivity contribution in [2.75, 3.05) is 31.6 Å². The quantitative estimate of drug-likeness (QED) is 0.579. The SMILES string of the molecule is CNC(=O)C1CN(C(C)=O)CCN1c1ccc(CN2C(C)CCC(CCc3ccccc3)S2(=O)=O)c(F)c1. The van der Waals surface area contributed by atoms with E-state index in [0.29, 0.717) is 43.6 Å². The molecule has 0 radical (unpaired) electrons. The molecule has 38 heavy (non-hydrogen) atoms. The van der Waals surface area contributed by atoms with E-state index in [1.807, 2.05) is 37.3 Å². The fourth-order valence-electron chi connectivity index (χ4n) is 5.45. The maximum absolute atomic E-state index is 15.4. The molecule has 3 atom stereocenters. The Hall–Kier alpha value is -2.98. The minimum atomic E-state index is -3.60. The molecule has 2 heterocycles. The van der Waals surface area contributed by atoms with Crippen LogP contribution in [0.4, 0.5) is 10.1 Å². The number of rotatable bonds is 7. The van der Waals surface area contributed by atoms with Gasteiger partial charge in [-0.2, -0.15) is 4.31 Å². The largest absolute Gasteiger partial charge is 0.357 e. The molecule has 1 N–H and O–H groups in total. The highest BCUT2D eigenvalue weighted by Crippen LogP contribution is 2.32. The number of carbonyl (C=O) groups is 2. The van der Waals surface area contributed by atoms with Gasteiger partial charge >= 0.3 is 0 Å². The van der Waals surface area contributed by atoms with E-state index in [1.165, 1.54) is 24.3 Å². The summed E-state index contributed by atoms with van der Waals surface area (Å²) >= 11 is 0. The lowest BCUT2D eigenvalue weighted by Crippen LogP contribution is -2.59. The van der Waals surface area contributed by atoms with Gasteiger partial charge in [-0.1, -0.05) is 36.4 Å². The fourth-order valence-corrected chi connectivity index (χ4v) is 7.61. The summed E-state index contributed by atoms with van der Waals surface area (Å²) in [5, 5.41) is 2.13. The molecule has 0 aromatic heterocycles. The second kappa shape index (κ2) is 11.8. The number of carbonyl (C=O) groups excluding carboxylic acids is 2. The molecule has 206 valence electrons. The van der Waals surface area contributed by atoms with Crippen LogP contribution in [0.25, 0.3) is 0 Å². The molecular formula is C28H37FN4O4S. The first-order valence-electron chi connectivity index (χ1n) is 13.2. The lowest BCUT2D eigenvalue weighted by Gasteiger charge is -2.41. The smallest absolute Gasteiger partial charge is 0.244 e. The van der Waals surface area contributed by atoms with Crippen molar-refractivity contribution in [2.24, 2.45) is 0 Å². The van der Waals surface area contributed by atoms with Crippen molar-refractivity contribution in [2.45, 2.75) is 63.4 Å². The Kier molecular flexibility index (Phi) is 8.72. The van der Waals surface area contributed by atoms with Crippen molar-refractivity contribution in [3.63, 3.8) is 0 Å². The van der Waals surface area contributed by atoms with Crippen molar-refractivity contribution < 1.29 is 22.4 Å². The zero-order valence-electron chi connectivity index (χ0n) is 22.3. The molecule has 10 heteroatoms. The highest BCUT2D eigenvalue weighted by Gasteiger charge is 2.40. The molecule has 4 rings (SSSR count). The first kappa shape index (κ1) is 28.0. The number of nitrogens with one attached hydrogen (secondary N) is 1. The molecule has 0 aliphatic carbocycles. The van der Waals surface area contributed by atoms with E-state index in [4.69, 9.17) is 0 Å². The average Bonchev–Trinajstić information content (AvgIpc) is 2.91. The number of hydrogen-bond acceptors (Lipinski definition) is 5. The number of nitrogens with zero attached hydrogens (tertiary/aromatic N) is 3. The van der Waals surface area contributed by atoms with Gasteiger partial charge in [-0.05, 0) is 50.3 Å². The highest BCUT2D eigenvalue weighted by atomic mass is 32.2. The topological polar surface area (TPSA) is 90.0 Å². The van der Waals surface area contributed by atoms with Crippen molar-refractivity contribution in [3.8, 4) is 0 Å². The molecule has 2 aromatic rings. The normalized spacial score (nSPS) is 23.7. The first-order valence-corrected chi connectivity index (χ1v) is 14.7. The van der Waals surface area contributed by atoms with Crippen LogP contribution in [-0.2, 0) is 32.6 Å². The fraction of sp³-hybridized carbons (Fsp3) is 0.500. The monoisotopic (exact) mass is 544 g/mol. The molecule has 2 saturated heterocycles. The summed E-state index contributed by atoms with van der Waals surface area (Å²) in [5.74, 6) is -0.879. The van der Waals surface area contributed by atoms with E-state index >= 15 is 4.39 Å². The summed E-state index contributed by atoms with van der Waals surface area (Å²) < 4.78 is 43.9. The summed E-state index contributed by atoms with van der Waals surface area (Å²) in [7, 11) is -2.07. The van der Waals surface area contributed by atoms with Crippen molar-refractivity contribution >= 4 is 27.5 Å². The number of halogens is 1. The number of hydrogen-bond donors (Lipinski definition) is 1. The number of anilines is 1. The summed E-state index contributed by atoms with van der Waals surface area (Å²) in [4.78, 5) is 27.8. The third kappa shape index (κ3) is 6.02. The summed E-state index contributed by atoms with van der Waals surface area (Å²) in [6.07, 6.45) is 2.54. The van der Waals surface area contributed by atoms with E-state index in [2.05, 4.69) is 5.32 Å². The second-order valence-corrected chi connectivity index (χ2v) is 12.4. The number of likely N-dealkylation sites (N-methyl/N-ethyl adjacent to an activating group) is 1. The van der Waals surface area contributed by atoms with Crippen LogP contribution in [0.2, 0.25) is 0 Å². The molecule has 2 amide bonds. The second-order valence-electron chi connectivity index (χ2n) is 10.2. The minimum absolute atomic E-state index is 0.0333. The van der Waals surface area contributed by atoms with E-state index in [-0.39, 0.29) is 30.9 Å². The highest BCUT2D eigenvalue weighted by molar-refractivity contribution is 7.89. The minimum Gasteiger partial charge on any atom is -0.357 e. The van der Waals surface area contributed by atoms with Crippen LogP contribution in [-0.4, -0.2) is 73.5 Å². The Morgan fingerprint density at radius 2 is 1.82 bits per heavy atom. The van der Waals surface area contributed by atoms with E-state index < -0.39 is 27.1 Å². The zero-order valence-corrected chi connectivity index (χ0v) is 23.1.